The number of esters is 2. The van der Waals surface area contributed by atoms with Gasteiger partial charge >= 0.3 is 11.9 Å². The van der Waals surface area contributed by atoms with Crippen LogP contribution in [-0.4, -0.2) is 40.3 Å². The first kappa shape index (κ1) is 31.0. The van der Waals surface area contributed by atoms with Crippen LogP contribution >= 0.6 is 11.6 Å². The molecule has 43 heavy (non-hydrogen) atoms. The van der Waals surface area contributed by atoms with E-state index in [1.807, 2.05) is 6.92 Å². The number of benzene rings is 4. The molecule has 4 rings (SSSR count). The van der Waals surface area contributed by atoms with Crippen LogP contribution in [0, 0.1) is 0 Å². The van der Waals surface area contributed by atoms with Crippen LogP contribution in [0.15, 0.2) is 84.9 Å². The lowest BCUT2D eigenvalue weighted by molar-refractivity contribution is 0.0489. The predicted octanol–water partition coefficient (Wildman–Crippen LogP) is 7.17. The largest absolute Gasteiger partial charge is 0.504 e. The molecule has 9 heteroatoms. The van der Waals surface area contributed by atoms with E-state index >= 15 is 0 Å². The van der Waals surface area contributed by atoms with Crippen molar-refractivity contribution in [1.82, 2.24) is 0 Å². The van der Waals surface area contributed by atoms with Gasteiger partial charge in [0.05, 0.1) is 28.9 Å². The summed E-state index contributed by atoms with van der Waals surface area (Å²) in [6, 6.07) is 21.2. The van der Waals surface area contributed by atoms with Crippen LogP contribution in [0.5, 0.6) is 17.2 Å². The van der Waals surface area contributed by atoms with Crippen LogP contribution in [0.2, 0.25) is 5.02 Å². The molecule has 0 heterocycles. The van der Waals surface area contributed by atoms with Gasteiger partial charge in [-0.15, -0.1) is 0 Å². The standard InChI is InChI=1S/C34H29ClO8/c1-2-3-4-11-19-42-34(41)25-26(28(36)21-13-7-5-8-14-21)30(38)31(39)32(43-33(40)22-15-9-6-10-16-22)27(25)29(37)23-17-12-18-24(35)20-23/h5-10,12-18,20,38-39H,2-4,11,19H2,1H3. The summed E-state index contributed by atoms with van der Waals surface area (Å²) < 4.78 is 11.0. The number of ether oxygens (including phenoxy) is 2. The Morgan fingerprint density at radius 3 is 1.88 bits per heavy atom. The van der Waals surface area contributed by atoms with Gasteiger partial charge in [0.15, 0.2) is 23.1 Å². The van der Waals surface area contributed by atoms with Crippen LogP contribution in [-0.2, 0) is 4.74 Å². The number of halogens is 1. The third kappa shape index (κ3) is 7.10. The molecule has 0 saturated carbocycles. The molecule has 0 fully saturated rings. The van der Waals surface area contributed by atoms with Crippen LogP contribution in [0.25, 0.3) is 0 Å². The van der Waals surface area contributed by atoms with E-state index in [1.54, 1.807) is 36.4 Å². The van der Waals surface area contributed by atoms with E-state index in [0.29, 0.717) is 6.42 Å². The zero-order chi connectivity index (χ0) is 30.9. The summed E-state index contributed by atoms with van der Waals surface area (Å²) in [6.07, 6.45) is 3.14. The first-order valence-electron chi connectivity index (χ1n) is 13.7. The van der Waals surface area contributed by atoms with Crippen LogP contribution in [0.3, 0.4) is 0 Å². The fourth-order valence-electron chi connectivity index (χ4n) is 4.44. The van der Waals surface area contributed by atoms with Gasteiger partial charge in [-0.05, 0) is 30.7 Å². The number of carbonyl (C=O) groups excluding carboxylic acids is 4. The molecule has 0 amide bonds. The molecule has 0 radical (unpaired) electrons. The third-order valence-corrected chi connectivity index (χ3v) is 6.85. The molecule has 0 aliphatic carbocycles. The molecule has 0 bridgehead atoms. The van der Waals surface area contributed by atoms with Crippen molar-refractivity contribution in [3.05, 3.63) is 123 Å². The lowest BCUT2D eigenvalue weighted by atomic mass is 9.88. The molecular weight excluding hydrogens is 572 g/mol. The van der Waals surface area contributed by atoms with Crippen LogP contribution < -0.4 is 4.74 Å². The number of rotatable bonds is 12. The van der Waals surface area contributed by atoms with Gasteiger partial charge in [-0.2, -0.15) is 0 Å². The molecule has 4 aromatic rings. The number of aromatic hydroxyl groups is 2. The van der Waals surface area contributed by atoms with E-state index in [-0.39, 0.29) is 28.3 Å². The maximum Gasteiger partial charge on any atom is 0.343 e. The SMILES string of the molecule is CCCCCCOC(=O)c1c(C(=O)c2ccccc2)c(O)c(O)c(OC(=O)c2ccccc2)c1C(=O)c1cccc(Cl)c1. The zero-order valence-electron chi connectivity index (χ0n) is 23.3. The zero-order valence-corrected chi connectivity index (χ0v) is 24.1. The monoisotopic (exact) mass is 600 g/mol. The predicted molar refractivity (Wildman–Crippen MR) is 160 cm³/mol. The average molecular weight is 601 g/mol. The first-order chi connectivity index (χ1) is 20.7. The molecule has 0 aliphatic rings. The topological polar surface area (TPSA) is 127 Å². The smallest absolute Gasteiger partial charge is 0.343 e. The highest BCUT2D eigenvalue weighted by molar-refractivity contribution is 6.31. The van der Waals surface area contributed by atoms with Gasteiger partial charge in [0.25, 0.3) is 0 Å². The van der Waals surface area contributed by atoms with E-state index in [1.165, 1.54) is 48.5 Å². The Labute approximate surface area is 253 Å². The Morgan fingerprint density at radius 2 is 1.26 bits per heavy atom. The van der Waals surface area contributed by atoms with Gasteiger partial charge in [-0.25, -0.2) is 9.59 Å². The molecule has 0 spiro atoms. The summed E-state index contributed by atoms with van der Waals surface area (Å²) >= 11 is 6.14. The van der Waals surface area contributed by atoms with E-state index in [9.17, 15) is 29.4 Å². The van der Waals surface area contributed by atoms with Crippen molar-refractivity contribution in [1.29, 1.82) is 0 Å². The number of unbranched alkanes of at least 4 members (excludes halogenated alkanes) is 3. The fraction of sp³-hybridized carbons (Fsp3) is 0.176. The number of phenolic OH excluding ortho intramolecular Hbond substituents is 2. The van der Waals surface area contributed by atoms with E-state index in [0.717, 1.165) is 19.3 Å². The molecule has 0 unspecified atom stereocenters. The van der Waals surface area contributed by atoms with E-state index < -0.39 is 57.4 Å². The summed E-state index contributed by atoms with van der Waals surface area (Å²) in [5.74, 6) is -6.82. The van der Waals surface area contributed by atoms with Crippen molar-refractivity contribution in [2.45, 2.75) is 32.6 Å². The van der Waals surface area contributed by atoms with Crippen molar-refractivity contribution in [2.24, 2.45) is 0 Å². The quantitative estimate of drug-likeness (QED) is 0.0576. The van der Waals surface area contributed by atoms with Crippen molar-refractivity contribution >= 4 is 35.1 Å². The molecule has 0 atom stereocenters. The second-order valence-electron chi connectivity index (χ2n) is 9.64. The van der Waals surface area contributed by atoms with Gasteiger partial charge in [-0.1, -0.05) is 98.5 Å². The van der Waals surface area contributed by atoms with E-state index in [4.69, 9.17) is 21.1 Å². The van der Waals surface area contributed by atoms with Gasteiger partial charge in [0.1, 0.15) is 0 Å². The molecule has 8 nitrogen and oxygen atoms in total. The lowest BCUT2D eigenvalue weighted by Gasteiger charge is -2.20. The van der Waals surface area contributed by atoms with Crippen molar-refractivity contribution in [3.63, 3.8) is 0 Å². The summed E-state index contributed by atoms with van der Waals surface area (Å²) in [6.45, 7) is 1.99. The Kier molecular flexibility index (Phi) is 10.3. The Hall–Kier alpha value is -4.95. The maximum absolute atomic E-state index is 14.1. The number of ketones is 2. The third-order valence-electron chi connectivity index (χ3n) is 6.62. The minimum Gasteiger partial charge on any atom is -0.504 e. The number of hydrogen-bond acceptors (Lipinski definition) is 8. The molecule has 4 aromatic carbocycles. The van der Waals surface area contributed by atoms with E-state index in [2.05, 4.69) is 0 Å². The van der Waals surface area contributed by atoms with Gasteiger partial charge in [0.2, 0.25) is 5.75 Å². The number of carbonyl (C=O) groups is 4. The molecule has 0 saturated heterocycles. The second kappa shape index (κ2) is 14.3. The summed E-state index contributed by atoms with van der Waals surface area (Å²) in [5.41, 5.74) is -1.88. The Morgan fingerprint density at radius 1 is 0.651 bits per heavy atom. The highest BCUT2D eigenvalue weighted by Gasteiger charge is 2.37. The van der Waals surface area contributed by atoms with Crippen molar-refractivity contribution in [2.75, 3.05) is 6.61 Å². The highest BCUT2D eigenvalue weighted by atomic mass is 35.5. The van der Waals surface area contributed by atoms with Gasteiger partial charge < -0.3 is 19.7 Å². The second-order valence-corrected chi connectivity index (χ2v) is 10.1. The van der Waals surface area contributed by atoms with Gasteiger partial charge in [-0.3, -0.25) is 9.59 Å². The minimum atomic E-state index is -1.12. The Balaban J connectivity index is 1.98. The summed E-state index contributed by atoms with van der Waals surface area (Å²) in [5, 5.41) is 22.5. The summed E-state index contributed by atoms with van der Waals surface area (Å²) in [4.78, 5) is 54.7. The number of phenols is 2. The number of hydrogen-bond donors (Lipinski definition) is 2. The normalized spacial score (nSPS) is 10.7. The van der Waals surface area contributed by atoms with Crippen LogP contribution in [0.4, 0.5) is 0 Å². The molecular formula is C34H29ClO8. The highest BCUT2D eigenvalue weighted by Crippen LogP contribution is 2.46. The Bertz CT molecular complexity index is 1650. The van der Waals surface area contributed by atoms with Crippen LogP contribution in [0.1, 0.15) is 85.2 Å². The lowest BCUT2D eigenvalue weighted by Crippen LogP contribution is -2.22. The fourth-order valence-corrected chi connectivity index (χ4v) is 4.63. The minimum absolute atomic E-state index is 0.0373. The first-order valence-corrected chi connectivity index (χ1v) is 14.1. The molecule has 2 N–H and O–H groups in total. The average Bonchev–Trinajstić information content (AvgIpc) is 3.03. The maximum atomic E-state index is 14.1. The van der Waals surface area contributed by atoms with Crippen molar-refractivity contribution in [3.8, 4) is 17.2 Å². The van der Waals surface area contributed by atoms with Gasteiger partial charge in [0, 0.05) is 16.1 Å². The summed E-state index contributed by atoms with van der Waals surface area (Å²) in [7, 11) is 0. The molecule has 220 valence electrons. The van der Waals surface area contributed by atoms with Crippen molar-refractivity contribution < 1.29 is 38.9 Å². The molecule has 0 aromatic heterocycles. The molecule has 0 aliphatic heterocycles.